The molecule has 1 aromatic rings. The molecule has 9 heteroatoms. The number of sulfonamides is 1. The van der Waals surface area contributed by atoms with Crippen LogP contribution in [-0.4, -0.2) is 67.7 Å². The second-order valence-electron chi connectivity index (χ2n) is 6.06. The number of aliphatic hydroxyl groups is 1. The van der Waals surface area contributed by atoms with Crippen molar-refractivity contribution in [3.8, 4) is 0 Å². The van der Waals surface area contributed by atoms with E-state index in [0.717, 1.165) is 4.31 Å². The fraction of sp³-hybridized carbons (Fsp3) is 0.533. The highest BCUT2D eigenvalue weighted by Crippen LogP contribution is 2.24. The number of nitrogens with zero attached hydrogens (tertiary/aromatic N) is 2. The monoisotopic (exact) mass is 378 g/mol. The Kier molecular flexibility index (Phi) is 5.85. The van der Waals surface area contributed by atoms with Gasteiger partial charge in [-0.1, -0.05) is 17.7 Å². The van der Waals surface area contributed by atoms with E-state index >= 15 is 0 Å². The highest BCUT2D eigenvalue weighted by atomic mass is 35.5. The van der Waals surface area contributed by atoms with Crippen LogP contribution in [0.2, 0.25) is 5.02 Å². The zero-order chi connectivity index (χ0) is 18.1. The number of β-amino-alcohol motifs (C(OH)–C–C–N with tert-alkyl or cyclic N) is 1. The van der Waals surface area contributed by atoms with Crippen LogP contribution in [0.4, 0.5) is 4.39 Å². The lowest BCUT2D eigenvalue weighted by molar-refractivity contribution is -0.129. The van der Waals surface area contributed by atoms with Gasteiger partial charge in [-0.05, 0) is 12.1 Å². The van der Waals surface area contributed by atoms with Gasteiger partial charge in [0.15, 0.2) is 0 Å². The van der Waals surface area contributed by atoms with Crippen LogP contribution in [0.1, 0.15) is 5.56 Å². The van der Waals surface area contributed by atoms with E-state index in [0.29, 0.717) is 0 Å². The number of hydrogen-bond acceptors (Lipinski definition) is 4. The summed E-state index contributed by atoms with van der Waals surface area (Å²) in [5, 5.41) is 10.2. The molecular weight excluding hydrogens is 359 g/mol. The molecule has 0 unspecified atom stereocenters. The summed E-state index contributed by atoms with van der Waals surface area (Å²) in [6, 6.07) is 4.17. The summed E-state index contributed by atoms with van der Waals surface area (Å²) < 4.78 is 38.7. The second kappa shape index (κ2) is 7.35. The molecule has 2 atom stereocenters. The van der Waals surface area contributed by atoms with Gasteiger partial charge in [-0.2, -0.15) is 0 Å². The topological polar surface area (TPSA) is 77.9 Å². The van der Waals surface area contributed by atoms with Crippen molar-refractivity contribution in [3.63, 3.8) is 0 Å². The summed E-state index contributed by atoms with van der Waals surface area (Å²) in [5.74, 6) is -1.78. The van der Waals surface area contributed by atoms with Crippen molar-refractivity contribution >= 4 is 27.5 Å². The summed E-state index contributed by atoms with van der Waals surface area (Å²) >= 11 is 5.91. The van der Waals surface area contributed by atoms with Crippen LogP contribution >= 0.6 is 11.6 Å². The maximum absolute atomic E-state index is 13.8. The van der Waals surface area contributed by atoms with Crippen LogP contribution in [0.5, 0.6) is 0 Å². The van der Waals surface area contributed by atoms with E-state index in [1.54, 1.807) is 0 Å². The molecule has 1 aromatic carbocycles. The second-order valence-corrected chi connectivity index (χ2v) is 8.70. The molecule has 24 heavy (non-hydrogen) atoms. The minimum Gasteiger partial charge on any atom is -0.391 e. The van der Waals surface area contributed by atoms with Gasteiger partial charge in [0, 0.05) is 43.7 Å². The number of halogens is 2. The van der Waals surface area contributed by atoms with E-state index in [2.05, 4.69) is 0 Å². The van der Waals surface area contributed by atoms with Crippen LogP contribution in [0.3, 0.4) is 0 Å². The molecule has 0 saturated carbocycles. The Morgan fingerprint density at radius 1 is 1.42 bits per heavy atom. The maximum atomic E-state index is 13.8. The summed E-state index contributed by atoms with van der Waals surface area (Å²) in [5.41, 5.74) is 0.100. The molecule has 1 N–H and O–H groups in total. The van der Waals surface area contributed by atoms with Crippen molar-refractivity contribution in [2.75, 3.05) is 32.9 Å². The normalized spacial score (nSPS) is 21.5. The smallest absolute Gasteiger partial charge is 0.227 e. The quantitative estimate of drug-likeness (QED) is 0.819. The molecule has 0 bridgehead atoms. The third-order valence-electron chi connectivity index (χ3n) is 4.13. The van der Waals surface area contributed by atoms with Crippen LogP contribution in [0.15, 0.2) is 18.2 Å². The fourth-order valence-electron chi connectivity index (χ4n) is 2.61. The standard InChI is InChI=1S/C15H20ClFN2O4S/c1-18(2)24(22,23)9-10-7-19(8-14(10)20)15(21)6-11-12(16)4-3-5-13(11)17/h3-5,10,14,20H,6-9H2,1-2H3/t10-,14+/m0/s1. The zero-order valence-corrected chi connectivity index (χ0v) is 15.0. The number of carbonyl (C=O) groups excluding carboxylic acids is 1. The first-order valence-corrected chi connectivity index (χ1v) is 9.39. The van der Waals surface area contributed by atoms with Crippen molar-refractivity contribution in [1.82, 2.24) is 9.21 Å². The average molecular weight is 379 g/mol. The molecule has 1 saturated heterocycles. The van der Waals surface area contributed by atoms with E-state index in [1.165, 1.54) is 37.2 Å². The Labute approximate surface area is 145 Å². The van der Waals surface area contributed by atoms with Gasteiger partial charge in [-0.3, -0.25) is 4.79 Å². The van der Waals surface area contributed by atoms with Crippen molar-refractivity contribution < 1.29 is 22.7 Å². The SMILES string of the molecule is CN(C)S(=O)(=O)C[C@@H]1CN(C(=O)Cc2c(F)cccc2Cl)C[C@H]1O. The Balaban J connectivity index is 2.05. The number of amides is 1. The van der Waals surface area contributed by atoms with Crippen LogP contribution in [0.25, 0.3) is 0 Å². The summed E-state index contributed by atoms with van der Waals surface area (Å²) in [4.78, 5) is 13.7. The van der Waals surface area contributed by atoms with E-state index < -0.39 is 33.8 Å². The van der Waals surface area contributed by atoms with Gasteiger partial charge < -0.3 is 10.0 Å². The number of hydrogen-bond donors (Lipinski definition) is 1. The van der Waals surface area contributed by atoms with Gasteiger partial charge in [0.1, 0.15) is 5.82 Å². The first kappa shape index (κ1) is 19.1. The van der Waals surface area contributed by atoms with E-state index in [1.807, 2.05) is 0 Å². The highest BCUT2D eigenvalue weighted by Gasteiger charge is 2.37. The van der Waals surface area contributed by atoms with Crippen LogP contribution < -0.4 is 0 Å². The molecule has 1 heterocycles. The highest BCUT2D eigenvalue weighted by molar-refractivity contribution is 7.89. The molecule has 1 aliphatic rings. The third-order valence-corrected chi connectivity index (χ3v) is 6.45. The first-order chi connectivity index (χ1) is 11.1. The predicted octanol–water partition coefficient (Wildman–Crippen LogP) is 0.732. The Morgan fingerprint density at radius 3 is 2.67 bits per heavy atom. The lowest BCUT2D eigenvalue weighted by Gasteiger charge is -2.18. The molecule has 0 aliphatic carbocycles. The number of likely N-dealkylation sites (tertiary alicyclic amines) is 1. The number of rotatable bonds is 5. The van der Waals surface area contributed by atoms with Gasteiger partial charge in [-0.15, -0.1) is 0 Å². The number of carbonyl (C=O) groups is 1. The minimum absolute atomic E-state index is 0.0263. The summed E-state index contributed by atoms with van der Waals surface area (Å²) in [6.07, 6.45) is -1.16. The molecule has 1 amide bonds. The van der Waals surface area contributed by atoms with Crippen LogP contribution in [0, 0.1) is 11.7 Å². The van der Waals surface area contributed by atoms with E-state index in [9.17, 15) is 22.7 Å². The van der Waals surface area contributed by atoms with Crippen molar-refractivity contribution in [2.45, 2.75) is 12.5 Å². The Bertz CT molecular complexity index is 706. The van der Waals surface area contributed by atoms with Crippen LogP contribution in [-0.2, 0) is 21.2 Å². The van der Waals surface area contributed by atoms with Crippen molar-refractivity contribution in [2.24, 2.45) is 5.92 Å². The van der Waals surface area contributed by atoms with Gasteiger partial charge in [-0.25, -0.2) is 17.1 Å². The molecule has 6 nitrogen and oxygen atoms in total. The van der Waals surface area contributed by atoms with E-state index in [4.69, 9.17) is 11.6 Å². The van der Waals surface area contributed by atoms with Gasteiger partial charge >= 0.3 is 0 Å². The Morgan fingerprint density at radius 2 is 2.08 bits per heavy atom. The molecule has 1 aliphatic heterocycles. The molecular formula is C15H20ClFN2O4S. The number of aliphatic hydroxyl groups excluding tert-OH is 1. The zero-order valence-electron chi connectivity index (χ0n) is 13.4. The molecule has 134 valence electrons. The summed E-state index contributed by atoms with van der Waals surface area (Å²) in [6.45, 7) is 0.137. The van der Waals surface area contributed by atoms with Gasteiger partial charge in [0.2, 0.25) is 15.9 Å². The molecule has 0 spiro atoms. The van der Waals surface area contributed by atoms with Gasteiger partial charge in [0.25, 0.3) is 0 Å². The van der Waals surface area contributed by atoms with E-state index in [-0.39, 0.29) is 35.8 Å². The van der Waals surface area contributed by atoms with Gasteiger partial charge in [0.05, 0.1) is 18.3 Å². The van der Waals surface area contributed by atoms with Crippen molar-refractivity contribution in [3.05, 3.63) is 34.6 Å². The molecule has 1 fully saturated rings. The third kappa shape index (κ3) is 4.24. The van der Waals surface area contributed by atoms with Crippen molar-refractivity contribution in [1.29, 1.82) is 0 Å². The minimum atomic E-state index is -3.48. The first-order valence-electron chi connectivity index (χ1n) is 7.40. The maximum Gasteiger partial charge on any atom is 0.227 e. The lowest BCUT2D eigenvalue weighted by Crippen LogP contribution is -2.34. The molecule has 0 aromatic heterocycles. The number of benzene rings is 1. The molecule has 0 radical (unpaired) electrons. The Hall–Kier alpha value is -1.22. The molecule has 2 rings (SSSR count). The average Bonchev–Trinajstić information content (AvgIpc) is 2.83. The largest absolute Gasteiger partial charge is 0.391 e. The lowest BCUT2D eigenvalue weighted by atomic mass is 10.1. The fourth-order valence-corrected chi connectivity index (χ4v) is 4.00. The predicted molar refractivity (Wildman–Crippen MR) is 88.7 cm³/mol. The summed E-state index contributed by atoms with van der Waals surface area (Å²) in [7, 11) is -0.649.